The van der Waals surface area contributed by atoms with E-state index >= 15 is 0 Å². The van der Waals surface area contributed by atoms with E-state index in [1.807, 2.05) is 31.2 Å². The van der Waals surface area contributed by atoms with Crippen LogP contribution in [0.1, 0.15) is 5.56 Å². The summed E-state index contributed by atoms with van der Waals surface area (Å²) in [7, 11) is 3.08. The van der Waals surface area contributed by atoms with Gasteiger partial charge in [0.05, 0.1) is 25.7 Å². The normalized spacial score (nSPS) is 10.1. The topological polar surface area (TPSA) is 76.7 Å². The van der Waals surface area contributed by atoms with Crippen LogP contribution >= 0.6 is 11.8 Å². The number of carbonyl (C=O) groups excluding carboxylic acids is 2. The summed E-state index contributed by atoms with van der Waals surface area (Å²) in [4.78, 5) is 23.9. The van der Waals surface area contributed by atoms with Gasteiger partial charge in [-0.25, -0.2) is 0 Å². The monoisotopic (exact) mass is 374 g/mol. The number of thioether (sulfide) groups is 1. The lowest BCUT2D eigenvalue weighted by Gasteiger charge is -2.10. The first-order valence-corrected chi connectivity index (χ1v) is 9.13. The number of aryl methyl sites for hydroxylation is 1. The molecule has 2 aromatic rings. The van der Waals surface area contributed by atoms with Gasteiger partial charge in [-0.15, -0.1) is 11.8 Å². The van der Waals surface area contributed by atoms with Gasteiger partial charge in [-0.2, -0.15) is 0 Å². The molecule has 2 amide bonds. The molecule has 2 N–H and O–H groups in total. The summed E-state index contributed by atoms with van der Waals surface area (Å²) < 4.78 is 10.4. The van der Waals surface area contributed by atoms with Crippen LogP contribution < -0.4 is 20.1 Å². The van der Waals surface area contributed by atoms with Gasteiger partial charge in [-0.3, -0.25) is 9.59 Å². The molecule has 0 unspecified atom stereocenters. The summed E-state index contributed by atoms with van der Waals surface area (Å²) in [6.07, 6.45) is 0. The van der Waals surface area contributed by atoms with E-state index < -0.39 is 0 Å². The van der Waals surface area contributed by atoms with Crippen LogP contribution in [0.5, 0.6) is 11.5 Å². The third kappa shape index (κ3) is 6.00. The number of rotatable bonds is 8. The van der Waals surface area contributed by atoms with E-state index in [1.54, 1.807) is 25.3 Å². The second-order valence-electron chi connectivity index (χ2n) is 5.52. The first-order chi connectivity index (χ1) is 12.5. The van der Waals surface area contributed by atoms with Crippen LogP contribution in [-0.4, -0.2) is 37.5 Å². The zero-order chi connectivity index (χ0) is 18.9. The Morgan fingerprint density at radius 2 is 1.38 bits per heavy atom. The molecule has 0 aromatic heterocycles. The predicted octanol–water partition coefficient (Wildman–Crippen LogP) is 3.32. The number of amides is 2. The SMILES string of the molecule is COc1ccc(NC(=O)CSCC(=O)Nc2ccc(C)cc2)cc1OC. The second-order valence-corrected chi connectivity index (χ2v) is 6.51. The van der Waals surface area contributed by atoms with Crippen LogP contribution in [-0.2, 0) is 9.59 Å². The Kier molecular flexibility index (Phi) is 7.35. The summed E-state index contributed by atoms with van der Waals surface area (Å²) in [5, 5.41) is 5.57. The average molecular weight is 374 g/mol. The van der Waals surface area contributed by atoms with Crippen molar-refractivity contribution >= 4 is 35.0 Å². The molecule has 0 fully saturated rings. The summed E-state index contributed by atoms with van der Waals surface area (Å²) in [5.74, 6) is 1.18. The van der Waals surface area contributed by atoms with Crippen molar-refractivity contribution in [3.05, 3.63) is 48.0 Å². The lowest BCUT2D eigenvalue weighted by Crippen LogP contribution is -2.18. The fraction of sp³-hybridized carbons (Fsp3) is 0.263. The molecule has 0 radical (unpaired) electrons. The highest BCUT2D eigenvalue weighted by molar-refractivity contribution is 8.00. The van der Waals surface area contributed by atoms with Crippen molar-refractivity contribution in [1.82, 2.24) is 0 Å². The summed E-state index contributed by atoms with van der Waals surface area (Å²) in [5.41, 5.74) is 2.48. The van der Waals surface area contributed by atoms with E-state index in [1.165, 1.54) is 18.9 Å². The fourth-order valence-electron chi connectivity index (χ4n) is 2.18. The molecule has 0 heterocycles. The number of hydrogen-bond acceptors (Lipinski definition) is 5. The van der Waals surface area contributed by atoms with Crippen LogP contribution in [0.2, 0.25) is 0 Å². The number of anilines is 2. The Morgan fingerprint density at radius 1 is 0.846 bits per heavy atom. The first-order valence-electron chi connectivity index (χ1n) is 7.98. The van der Waals surface area contributed by atoms with Gasteiger partial charge in [0.25, 0.3) is 0 Å². The van der Waals surface area contributed by atoms with Crippen LogP contribution in [0.25, 0.3) is 0 Å². The van der Waals surface area contributed by atoms with Crippen molar-refractivity contribution in [2.24, 2.45) is 0 Å². The lowest BCUT2D eigenvalue weighted by atomic mass is 10.2. The minimum Gasteiger partial charge on any atom is -0.493 e. The van der Waals surface area contributed by atoms with E-state index in [4.69, 9.17) is 9.47 Å². The Bertz CT molecular complexity index is 763. The number of nitrogens with one attached hydrogen (secondary N) is 2. The van der Waals surface area contributed by atoms with Crippen molar-refractivity contribution in [3.63, 3.8) is 0 Å². The molecule has 0 saturated heterocycles. The van der Waals surface area contributed by atoms with Gasteiger partial charge in [0.1, 0.15) is 0 Å². The highest BCUT2D eigenvalue weighted by Crippen LogP contribution is 2.29. The molecule has 0 atom stereocenters. The van der Waals surface area contributed by atoms with Crippen molar-refractivity contribution in [3.8, 4) is 11.5 Å². The Balaban J connectivity index is 1.76. The molecule has 2 aromatic carbocycles. The molecule has 0 aliphatic heterocycles. The van der Waals surface area contributed by atoms with Crippen molar-refractivity contribution in [2.75, 3.05) is 36.4 Å². The molecule has 26 heavy (non-hydrogen) atoms. The van der Waals surface area contributed by atoms with E-state index in [2.05, 4.69) is 10.6 Å². The maximum Gasteiger partial charge on any atom is 0.234 e. The van der Waals surface area contributed by atoms with Crippen LogP contribution in [0.3, 0.4) is 0 Å². The zero-order valence-corrected chi connectivity index (χ0v) is 15.8. The maximum absolute atomic E-state index is 12.0. The summed E-state index contributed by atoms with van der Waals surface area (Å²) in [6.45, 7) is 1.98. The van der Waals surface area contributed by atoms with E-state index in [0.29, 0.717) is 17.2 Å². The fourth-order valence-corrected chi connectivity index (χ4v) is 2.80. The van der Waals surface area contributed by atoms with Gasteiger partial charge in [0, 0.05) is 17.4 Å². The Labute approximate surface area is 157 Å². The van der Waals surface area contributed by atoms with Crippen LogP contribution in [0.4, 0.5) is 11.4 Å². The molecule has 2 rings (SSSR count). The minimum atomic E-state index is -0.189. The van der Waals surface area contributed by atoms with Gasteiger partial charge in [-0.05, 0) is 31.2 Å². The average Bonchev–Trinajstić information content (AvgIpc) is 2.63. The second kappa shape index (κ2) is 9.72. The number of methoxy groups -OCH3 is 2. The number of benzene rings is 2. The Hall–Kier alpha value is -2.67. The van der Waals surface area contributed by atoms with Crippen molar-refractivity contribution in [2.45, 2.75) is 6.92 Å². The maximum atomic E-state index is 12.0. The molecule has 0 bridgehead atoms. The quantitative estimate of drug-likeness (QED) is 0.741. The molecule has 7 heteroatoms. The summed E-state index contributed by atoms with van der Waals surface area (Å²) >= 11 is 1.25. The standard InChI is InChI=1S/C19H22N2O4S/c1-13-4-6-14(7-5-13)20-18(22)11-26-12-19(23)21-15-8-9-16(24-2)17(10-15)25-3/h4-10H,11-12H2,1-3H3,(H,20,22)(H,21,23). The minimum absolute atomic E-state index is 0.141. The molecular weight excluding hydrogens is 352 g/mol. The van der Waals surface area contributed by atoms with Crippen LogP contribution in [0, 0.1) is 6.92 Å². The van der Waals surface area contributed by atoms with Crippen molar-refractivity contribution < 1.29 is 19.1 Å². The molecule has 0 aliphatic carbocycles. The first kappa shape index (κ1) is 19.7. The van der Waals surface area contributed by atoms with Gasteiger partial charge in [0.15, 0.2) is 11.5 Å². The number of carbonyl (C=O) groups is 2. The molecule has 6 nitrogen and oxygen atoms in total. The molecule has 0 aliphatic rings. The van der Waals surface area contributed by atoms with E-state index in [0.717, 1.165) is 11.3 Å². The molecule has 0 saturated carbocycles. The lowest BCUT2D eigenvalue weighted by molar-refractivity contribution is -0.114. The highest BCUT2D eigenvalue weighted by Gasteiger charge is 2.09. The van der Waals surface area contributed by atoms with E-state index in [9.17, 15) is 9.59 Å². The zero-order valence-electron chi connectivity index (χ0n) is 15.0. The van der Waals surface area contributed by atoms with Crippen molar-refractivity contribution in [1.29, 1.82) is 0 Å². The molecule has 0 spiro atoms. The van der Waals surface area contributed by atoms with Crippen LogP contribution in [0.15, 0.2) is 42.5 Å². The van der Waals surface area contributed by atoms with Gasteiger partial charge < -0.3 is 20.1 Å². The molecule has 138 valence electrons. The highest BCUT2D eigenvalue weighted by atomic mass is 32.2. The predicted molar refractivity (Wildman–Crippen MR) is 105 cm³/mol. The van der Waals surface area contributed by atoms with E-state index in [-0.39, 0.29) is 23.3 Å². The summed E-state index contributed by atoms with van der Waals surface area (Å²) in [6, 6.07) is 12.7. The van der Waals surface area contributed by atoms with Gasteiger partial charge >= 0.3 is 0 Å². The molecular formula is C19H22N2O4S. The largest absolute Gasteiger partial charge is 0.493 e. The van der Waals surface area contributed by atoms with Gasteiger partial charge in [0.2, 0.25) is 11.8 Å². The smallest absolute Gasteiger partial charge is 0.234 e. The third-order valence-electron chi connectivity index (χ3n) is 3.47. The third-order valence-corrected chi connectivity index (χ3v) is 4.40. The Morgan fingerprint density at radius 3 is 1.96 bits per heavy atom. The van der Waals surface area contributed by atoms with Gasteiger partial charge in [-0.1, -0.05) is 17.7 Å². The number of hydrogen-bond donors (Lipinski definition) is 2. The number of ether oxygens (including phenoxy) is 2.